The Bertz CT molecular complexity index is 540. The monoisotopic (exact) mass is 294 g/mol. The minimum absolute atomic E-state index is 0.101. The fourth-order valence-corrected chi connectivity index (χ4v) is 2.17. The Balaban J connectivity index is 2.61. The van der Waals surface area contributed by atoms with Crippen molar-refractivity contribution in [3.05, 3.63) is 34.4 Å². The minimum atomic E-state index is -0.101. The molecular formula is C12H15BrN4. The highest BCUT2D eigenvalue weighted by atomic mass is 79.9. The van der Waals surface area contributed by atoms with E-state index < -0.39 is 0 Å². The summed E-state index contributed by atoms with van der Waals surface area (Å²) < 4.78 is 2.80. The molecule has 0 unspecified atom stereocenters. The van der Waals surface area contributed by atoms with Gasteiger partial charge >= 0.3 is 0 Å². The van der Waals surface area contributed by atoms with Crippen LogP contribution in [0.15, 0.2) is 28.7 Å². The van der Waals surface area contributed by atoms with Crippen molar-refractivity contribution < 1.29 is 0 Å². The van der Waals surface area contributed by atoms with Crippen LogP contribution in [0.1, 0.15) is 26.5 Å². The van der Waals surface area contributed by atoms with Gasteiger partial charge in [-0.15, -0.1) is 5.10 Å². The number of hydrogen-bond donors (Lipinski definition) is 1. The third-order valence-electron chi connectivity index (χ3n) is 2.46. The molecule has 2 N–H and O–H groups in total. The third-order valence-corrected chi connectivity index (χ3v) is 2.95. The molecule has 5 heteroatoms. The lowest BCUT2D eigenvalue weighted by molar-refractivity contribution is 0.544. The van der Waals surface area contributed by atoms with E-state index in [4.69, 9.17) is 5.73 Å². The van der Waals surface area contributed by atoms with Crippen LogP contribution >= 0.6 is 15.9 Å². The first-order chi connectivity index (χ1) is 7.89. The van der Waals surface area contributed by atoms with Gasteiger partial charge in [0.25, 0.3) is 0 Å². The molecule has 2 aromatic rings. The fraction of sp³-hybridized carbons (Fsp3) is 0.333. The van der Waals surface area contributed by atoms with Crippen molar-refractivity contribution in [1.29, 1.82) is 0 Å². The Morgan fingerprint density at radius 1 is 1.29 bits per heavy atom. The second kappa shape index (κ2) is 4.14. The molecule has 17 heavy (non-hydrogen) atoms. The van der Waals surface area contributed by atoms with E-state index >= 15 is 0 Å². The van der Waals surface area contributed by atoms with Crippen LogP contribution in [0.2, 0.25) is 0 Å². The molecular weight excluding hydrogens is 280 g/mol. The topological polar surface area (TPSA) is 56.7 Å². The number of anilines is 1. The average molecular weight is 295 g/mol. The van der Waals surface area contributed by atoms with Crippen molar-refractivity contribution in [2.24, 2.45) is 0 Å². The molecule has 90 valence electrons. The van der Waals surface area contributed by atoms with Crippen LogP contribution in [0.25, 0.3) is 5.69 Å². The molecule has 0 fully saturated rings. The van der Waals surface area contributed by atoms with E-state index in [0.717, 1.165) is 15.9 Å². The maximum absolute atomic E-state index is 5.90. The van der Waals surface area contributed by atoms with Crippen molar-refractivity contribution in [2.45, 2.75) is 26.2 Å². The number of nitrogens with zero attached hydrogens (tertiary/aromatic N) is 3. The van der Waals surface area contributed by atoms with Gasteiger partial charge in [0.2, 0.25) is 0 Å². The number of nitrogens with two attached hydrogens (primary N) is 1. The second-order valence-electron chi connectivity index (χ2n) is 4.96. The summed E-state index contributed by atoms with van der Waals surface area (Å²) in [6.45, 7) is 6.28. The van der Waals surface area contributed by atoms with Gasteiger partial charge < -0.3 is 5.73 Å². The average Bonchev–Trinajstić information content (AvgIpc) is 2.59. The van der Waals surface area contributed by atoms with Crippen LogP contribution in [0.4, 0.5) is 5.82 Å². The number of nitrogen functional groups attached to an aromatic ring is 1. The van der Waals surface area contributed by atoms with E-state index in [-0.39, 0.29) is 5.41 Å². The molecule has 0 bridgehead atoms. The number of hydrogen-bond acceptors (Lipinski definition) is 3. The van der Waals surface area contributed by atoms with E-state index in [0.29, 0.717) is 5.82 Å². The van der Waals surface area contributed by atoms with Gasteiger partial charge in [-0.1, -0.05) is 48.0 Å². The summed E-state index contributed by atoms with van der Waals surface area (Å²) in [4.78, 5) is 0. The molecule has 1 aromatic heterocycles. The first-order valence-electron chi connectivity index (χ1n) is 5.37. The Kier molecular flexibility index (Phi) is 2.95. The summed E-state index contributed by atoms with van der Waals surface area (Å²) in [6.07, 6.45) is 0. The lowest BCUT2D eigenvalue weighted by atomic mass is 9.91. The van der Waals surface area contributed by atoms with Gasteiger partial charge in [-0.25, -0.2) is 4.68 Å². The summed E-state index contributed by atoms with van der Waals surface area (Å²) in [5, 5.41) is 8.08. The van der Waals surface area contributed by atoms with Crippen molar-refractivity contribution >= 4 is 21.7 Å². The molecule has 1 aromatic carbocycles. The lowest BCUT2D eigenvalue weighted by Crippen LogP contribution is -2.19. The molecule has 0 radical (unpaired) electrons. The zero-order valence-electron chi connectivity index (χ0n) is 10.1. The summed E-state index contributed by atoms with van der Waals surface area (Å²) in [7, 11) is 0. The largest absolute Gasteiger partial charge is 0.381 e. The van der Waals surface area contributed by atoms with Crippen LogP contribution in [0, 0.1) is 0 Å². The van der Waals surface area contributed by atoms with Gasteiger partial charge in [-0.05, 0) is 18.2 Å². The second-order valence-corrected chi connectivity index (χ2v) is 5.88. The number of halogens is 1. The standard InChI is InChI=1S/C12H15BrN4/c1-12(2,3)10-11(14)15-16-17(10)9-6-4-5-8(13)7-9/h4-7H,14H2,1-3H3. The molecule has 0 saturated heterocycles. The Hall–Kier alpha value is -1.36. The van der Waals surface area contributed by atoms with Gasteiger partial charge in [-0.3, -0.25) is 0 Å². The van der Waals surface area contributed by atoms with Crippen LogP contribution in [0.5, 0.6) is 0 Å². The summed E-state index contributed by atoms with van der Waals surface area (Å²) in [5.41, 5.74) is 7.67. The highest BCUT2D eigenvalue weighted by Crippen LogP contribution is 2.28. The molecule has 0 aliphatic rings. The molecule has 0 amide bonds. The maximum atomic E-state index is 5.90. The SMILES string of the molecule is CC(C)(C)c1c(N)nnn1-c1cccc(Br)c1. The Labute approximate surface area is 109 Å². The zero-order chi connectivity index (χ0) is 12.6. The summed E-state index contributed by atoms with van der Waals surface area (Å²) >= 11 is 3.45. The van der Waals surface area contributed by atoms with Crippen molar-refractivity contribution in [1.82, 2.24) is 15.0 Å². The quantitative estimate of drug-likeness (QED) is 0.880. The zero-order valence-corrected chi connectivity index (χ0v) is 11.7. The summed E-state index contributed by atoms with van der Waals surface area (Å²) in [6, 6.07) is 7.90. The van der Waals surface area contributed by atoms with E-state index in [1.54, 1.807) is 4.68 Å². The van der Waals surface area contributed by atoms with Crippen LogP contribution in [0.3, 0.4) is 0 Å². The van der Waals surface area contributed by atoms with Crippen molar-refractivity contribution in [3.8, 4) is 5.69 Å². The van der Waals surface area contributed by atoms with E-state index in [2.05, 4.69) is 47.0 Å². The highest BCUT2D eigenvalue weighted by Gasteiger charge is 2.24. The molecule has 1 heterocycles. The van der Waals surface area contributed by atoms with Gasteiger partial charge in [0.15, 0.2) is 5.82 Å². The molecule has 4 nitrogen and oxygen atoms in total. The van der Waals surface area contributed by atoms with Crippen molar-refractivity contribution in [3.63, 3.8) is 0 Å². The molecule has 2 rings (SSSR count). The van der Waals surface area contributed by atoms with Gasteiger partial charge in [-0.2, -0.15) is 0 Å². The first kappa shape index (κ1) is 12.1. The first-order valence-corrected chi connectivity index (χ1v) is 6.16. The molecule has 0 aliphatic heterocycles. The van der Waals surface area contributed by atoms with E-state index in [9.17, 15) is 0 Å². The van der Waals surface area contributed by atoms with Crippen LogP contribution in [-0.4, -0.2) is 15.0 Å². The van der Waals surface area contributed by atoms with E-state index in [1.807, 2.05) is 24.3 Å². The lowest BCUT2D eigenvalue weighted by Gasteiger charge is -2.20. The van der Waals surface area contributed by atoms with Gasteiger partial charge in [0, 0.05) is 9.89 Å². The number of aromatic nitrogens is 3. The van der Waals surface area contributed by atoms with Gasteiger partial charge in [0.05, 0.1) is 11.4 Å². The normalized spacial score (nSPS) is 11.8. The van der Waals surface area contributed by atoms with E-state index in [1.165, 1.54) is 0 Å². The van der Waals surface area contributed by atoms with Crippen LogP contribution < -0.4 is 5.73 Å². The molecule has 0 atom stereocenters. The Morgan fingerprint density at radius 3 is 2.59 bits per heavy atom. The molecule has 0 spiro atoms. The smallest absolute Gasteiger partial charge is 0.170 e. The number of rotatable bonds is 1. The third kappa shape index (κ3) is 2.34. The predicted octanol–water partition coefficient (Wildman–Crippen LogP) is 2.91. The highest BCUT2D eigenvalue weighted by molar-refractivity contribution is 9.10. The Morgan fingerprint density at radius 2 is 2.00 bits per heavy atom. The molecule has 0 saturated carbocycles. The van der Waals surface area contributed by atoms with Crippen molar-refractivity contribution in [2.75, 3.05) is 5.73 Å². The number of benzene rings is 1. The fourth-order valence-electron chi connectivity index (χ4n) is 1.78. The summed E-state index contributed by atoms with van der Waals surface area (Å²) in [5.74, 6) is 0.484. The molecule has 0 aliphatic carbocycles. The van der Waals surface area contributed by atoms with Crippen LogP contribution in [-0.2, 0) is 5.41 Å². The minimum Gasteiger partial charge on any atom is -0.381 e. The van der Waals surface area contributed by atoms with Gasteiger partial charge in [0.1, 0.15) is 0 Å². The predicted molar refractivity (Wildman–Crippen MR) is 72.2 cm³/mol. The maximum Gasteiger partial charge on any atom is 0.170 e.